The molecule has 0 saturated heterocycles. The average Bonchev–Trinajstić information content (AvgIpc) is 3.09. The number of nitrogens with one attached hydrogen (secondary N) is 1. The summed E-state index contributed by atoms with van der Waals surface area (Å²) in [6, 6.07) is 7.86. The standard InChI is InChI=1S/C12H15NO2/c1-13-12(6-7-12)11-8-14-9-4-2-3-5-10(9)15-11/h2-5,11,13H,6-8H2,1H3. The Kier molecular flexibility index (Phi) is 1.89. The topological polar surface area (TPSA) is 30.5 Å². The molecule has 3 nitrogen and oxygen atoms in total. The molecule has 3 heteroatoms. The lowest BCUT2D eigenvalue weighted by atomic mass is 10.1. The summed E-state index contributed by atoms with van der Waals surface area (Å²) in [4.78, 5) is 0. The van der Waals surface area contributed by atoms with Gasteiger partial charge in [0.2, 0.25) is 0 Å². The normalized spacial score (nSPS) is 26.1. The molecule has 1 aromatic rings. The molecule has 15 heavy (non-hydrogen) atoms. The second-order valence-electron chi connectivity index (χ2n) is 4.27. The minimum Gasteiger partial charge on any atom is -0.486 e. The average molecular weight is 205 g/mol. The molecule has 1 N–H and O–H groups in total. The summed E-state index contributed by atoms with van der Waals surface area (Å²) >= 11 is 0. The zero-order chi connectivity index (χ0) is 10.3. The van der Waals surface area contributed by atoms with E-state index < -0.39 is 0 Å². The summed E-state index contributed by atoms with van der Waals surface area (Å²) in [5.74, 6) is 1.73. The number of rotatable bonds is 2. The van der Waals surface area contributed by atoms with E-state index in [0.717, 1.165) is 11.5 Å². The van der Waals surface area contributed by atoms with Crippen molar-refractivity contribution in [3.8, 4) is 11.5 Å². The molecule has 3 rings (SSSR count). The fourth-order valence-corrected chi connectivity index (χ4v) is 2.16. The number of ether oxygens (including phenoxy) is 2. The Morgan fingerprint density at radius 1 is 1.27 bits per heavy atom. The van der Waals surface area contributed by atoms with Crippen molar-refractivity contribution in [2.75, 3.05) is 13.7 Å². The van der Waals surface area contributed by atoms with Gasteiger partial charge in [0.25, 0.3) is 0 Å². The van der Waals surface area contributed by atoms with Crippen molar-refractivity contribution in [3.05, 3.63) is 24.3 Å². The second-order valence-corrected chi connectivity index (χ2v) is 4.27. The van der Waals surface area contributed by atoms with Crippen molar-refractivity contribution in [2.45, 2.75) is 24.5 Å². The molecule has 0 aromatic heterocycles. The van der Waals surface area contributed by atoms with Gasteiger partial charge in [-0.05, 0) is 32.0 Å². The molecular formula is C12H15NO2. The first-order valence-electron chi connectivity index (χ1n) is 5.41. The van der Waals surface area contributed by atoms with Gasteiger partial charge in [0.15, 0.2) is 17.6 Å². The highest BCUT2D eigenvalue weighted by Crippen LogP contribution is 2.43. The number of hydrogen-bond donors (Lipinski definition) is 1. The van der Waals surface area contributed by atoms with E-state index in [0.29, 0.717) is 6.61 Å². The Labute approximate surface area is 89.4 Å². The summed E-state index contributed by atoms with van der Waals surface area (Å²) in [5.41, 5.74) is 0.160. The third-order valence-corrected chi connectivity index (χ3v) is 3.41. The SMILES string of the molecule is CNC1(C2COc3ccccc3O2)CC1. The van der Waals surface area contributed by atoms with Gasteiger partial charge in [-0.25, -0.2) is 0 Å². The van der Waals surface area contributed by atoms with Crippen LogP contribution in [0.25, 0.3) is 0 Å². The van der Waals surface area contributed by atoms with Crippen LogP contribution in [0.4, 0.5) is 0 Å². The lowest BCUT2D eigenvalue weighted by Gasteiger charge is -2.32. The van der Waals surface area contributed by atoms with Gasteiger partial charge in [-0.3, -0.25) is 0 Å². The Balaban J connectivity index is 1.83. The molecule has 1 aliphatic carbocycles. The Bertz CT molecular complexity index is 374. The molecular weight excluding hydrogens is 190 g/mol. The van der Waals surface area contributed by atoms with Crippen LogP contribution in [0.5, 0.6) is 11.5 Å². The zero-order valence-electron chi connectivity index (χ0n) is 8.82. The van der Waals surface area contributed by atoms with Crippen molar-refractivity contribution in [3.63, 3.8) is 0 Å². The van der Waals surface area contributed by atoms with Crippen LogP contribution in [0, 0.1) is 0 Å². The lowest BCUT2D eigenvalue weighted by Crippen LogP contribution is -2.48. The van der Waals surface area contributed by atoms with E-state index in [9.17, 15) is 0 Å². The maximum absolute atomic E-state index is 5.96. The molecule has 1 saturated carbocycles. The van der Waals surface area contributed by atoms with E-state index in [4.69, 9.17) is 9.47 Å². The molecule has 80 valence electrons. The molecule has 1 aliphatic heterocycles. The van der Waals surface area contributed by atoms with E-state index in [2.05, 4.69) is 5.32 Å². The fourth-order valence-electron chi connectivity index (χ4n) is 2.16. The number of fused-ring (bicyclic) bond motifs is 1. The van der Waals surface area contributed by atoms with Crippen LogP contribution in [-0.4, -0.2) is 25.3 Å². The van der Waals surface area contributed by atoms with Gasteiger partial charge in [0, 0.05) is 0 Å². The van der Waals surface area contributed by atoms with Crippen LogP contribution in [0.15, 0.2) is 24.3 Å². The molecule has 1 fully saturated rings. The first kappa shape index (κ1) is 9.04. The molecule has 0 amide bonds. The monoisotopic (exact) mass is 205 g/mol. The van der Waals surface area contributed by atoms with Gasteiger partial charge in [-0.15, -0.1) is 0 Å². The fraction of sp³-hybridized carbons (Fsp3) is 0.500. The maximum atomic E-state index is 5.96. The summed E-state index contributed by atoms with van der Waals surface area (Å²) in [5, 5.41) is 3.35. The number of para-hydroxylation sites is 2. The Morgan fingerprint density at radius 3 is 2.67 bits per heavy atom. The van der Waals surface area contributed by atoms with Gasteiger partial charge in [-0.2, -0.15) is 0 Å². The lowest BCUT2D eigenvalue weighted by molar-refractivity contribution is 0.0560. The molecule has 1 unspecified atom stereocenters. The third-order valence-electron chi connectivity index (χ3n) is 3.41. The number of likely N-dealkylation sites (N-methyl/N-ethyl adjacent to an activating group) is 1. The predicted octanol–water partition coefficient (Wildman–Crippen LogP) is 1.58. The zero-order valence-corrected chi connectivity index (χ0v) is 8.82. The van der Waals surface area contributed by atoms with Crippen LogP contribution >= 0.6 is 0 Å². The smallest absolute Gasteiger partial charge is 0.161 e. The minimum absolute atomic E-state index is 0.150. The highest BCUT2D eigenvalue weighted by atomic mass is 16.6. The summed E-state index contributed by atoms with van der Waals surface area (Å²) in [7, 11) is 2.00. The van der Waals surface area contributed by atoms with Crippen molar-refractivity contribution in [1.29, 1.82) is 0 Å². The van der Waals surface area contributed by atoms with Crippen LogP contribution in [0.1, 0.15) is 12.8 Å². The highest BCUT2D eigenvalue weighted by molar-refractivity contribution is 5.41. The summed E-state index contributed by atoms with van der Waals surface area (Å²) in [6.07, 6.45) is 2.51. The molecule has 0 radical (unpaired) electrons. The van der Waals surface area contributed by atoms with Crippen molar-refractivity contribution in [2.24, 2.45) is 0 Å². The molecule has 0 spiro atoms. The summed E-state index contributed by atoms with van der Waals surface area (Å²) in [6.45, 7) is 0.651. The van der Waals surface area contributed by atoms with Crippen molar-refractivity contribution in [1.82, 2.24) is 5.32 Å². The number of hydrogen-bond acceptors (Lipinski definition) is 3. The van der Waals surface area contributed by atoms with Crippen LogP contribution in [0.2, 0.25) is 0 Å². The van der Waals surface area contributed by atoms with Crippen LogP contribution in [-0.2, 0) is 0 Å². The van der Waals surface area contributed by atoms with Gasteiger partial charge >= 0.3 is 0 Å². The van der Waals surface area contributed by atoms with Crippen LogP contribution in [0.3, 0.4) is 0 Å². The van der Waals surface area contributed by atoms with E-state index in [-0.39, 0.29) is 11.6 Å². The van der Waals surface area contributed by atoms with Gasteiger partial charge < -0.3 is 14.8 Å². The quantitative estimate of drug-likeness (QED) is 0.795. The van der Waals surface area contributed by atoms with E-state index in [1.165, 1.54) is 12.8 Å². The Hall–Kier alpha value is -1.22. The van der Waals surface area contributed by atoms with Crippen LogP contribution < -0.4 is 14.8 Å². The Morgan fingerprint density at radius 2 is 2.00 bits per heavy atom. The van der Waals surface area contributed by atoms with Crippen molar-refractivity contribution < 1.29 is 9.47 Å². The third kappa shape index (κ3) is 1.38. The largest absolute Gasteiger partial charge is 0.486 e. The predicted molar refractivity (Wildman–Crippen MR) is 57.4 cm³/mol. The van der Waals surface area contributed by atoms with E-state index in [1.54, 1.807) is 0 Å². The maximum Gasteiger partial charge on any atom is 0.161 e. The first-order valence-corrected chi connectivity index (χ1v) is 5.41. The summed E-state index contributed by atoms with van der Waals surface area (Å²) < 4.78 is 11.7. The van der Waals surface area contributed by atoms with Crippen molar-refractivity contribution >= 4 is 0 Å². The first-order chi connectivity index (χ1) is 7.34. The highest BCUT2D eigenvalue weighted by Gasteiger charge is 2.51. The van der Waals surface area contributed by atoms with Gasteiger partial charge in [0.05, 0.1) is 5.54 Å². The molecule has 0 bridgehead atoms. The van der Waals surface area contributed by atoms with E-state index >= 15 is 0 Å². The molecule has 1 aromatic carbocycles. The van der Waals surface area contributed by atoms with E-state index in [1.807, 2.05) is 31.3 Å². The second kappa shape index (κ2) is 3.14. The molecule has 1 heterocycles. The number of benzene rings is 1. The molecule has 2 aliphatic rings. The van der Waals surface area contributed by atoms with Gasteiger partial charge in [0.1, 0.15) is 6.61 Å². The minimum atomic E-state index is 0.150. The van der Waals surface area contributed by atoms with Gasteiger partial charge in [-0.1, -0.05) is 12.1 Å². The molecule has 1 atom stereocenters.